The van der Waals surface area contributed by atoms with Gasteiger partial charge < -0.3 is 10.7 Å². The molecule has 0 aromatic heterocycles. The summed E-state index contributed by atoms with van der Waals surface area (Å²) >= 11 is 0. The molecule has 0 bridgehead atoms. The van der Waals surface area contributed by atoms with Crippen LogP contribution in [0.4, 0.5) is 11.4 Å². The van der Waals surface area contributed by atoms with E-state index in [2.05, 4.69) is 24.6 Å². The van der Waals surface area contributed by atoms with E-state index in [-0.39, 0.29) is 28.6 Å². The number of nitro groups is 1. The van der Waals surface area contributed by atoms with Crippen LogP contribution in [0.3, 0.4) is 0 Å². The van der Waals surface area contributed by atoms with Crippen LogP contribution in [0.2, 0.25) is 0 Å². The van der Waals surface area contributed by atoms with Gasteiger partial charge in [0.2, 0.25) is 0 Å². The Morgan fingerprint density at radius 2 is 2.19 bits per heavy atom. The maximum atomic E-state index is 12.4. The number of carbonyl (C=O) groups excluding carboxylic acids is 1. The highest BCUT2D eigenvalue weighted by molar-refractivity contribution is 6.00. The largest absolute Gasteiger partial charge is 0.349 e. The van der Waals surface area contributed by atoms with Crippen molar-refractivity contribution in [3.63, 3.8) is 0 Å². The molecule has 1 amide bonds. The maximum Gasteiger partial charge on any atom is 0.270 e. The first kappa shape index (κ1) is 15.2. The zero-order valence-corrected chi connectivity index (χ0v) is 12.2. The topological polar surface area (TPSA) is 110 Å². The van der Waals surface area contributed by atoms with Crippen molar-refractivity contribution in [2.75, 3.05) is 5.43 Å². The summed E-state index contributed by atoms with van der Waals surface area (Å²) in [6.45, 7) is 4.22. The van der Waals surface area contributed by atoms with Gasteiger partial charge in [0.15, 0.2) is 0 Å². The van der Waals surface area contributed by atoms with Crippen LogP contribution in [-0.4, -0.2) is 16.9 Å². The fourth-order valence-electron chi connectivity index (χ4n) is 2.79. The molecule has 1 aromatic rings. The number of hydrogen-bond donors (Lipinski definition) is 3. The van der Waals surface area contributed by atoms with Crippen LogP contribution in [0.5, 0.6) is 0 Å². The number of hydrogen-bond acceptors (Lipinski definition) is 5. The third-order valence-corrected chi connectivity index (χ3v) is 4.18. The van der Waals surface area contributed by atoms with Crippen molar-refractivity contribution in [2.24, 2.45) is 11.3 Å². The van der Waals surface area contributed by atoms with Gasteiger partial charge in [0, 0.05) is 18.2 Å². The Balaban J connectivity index is 2.25. The normalized spacial score (nSPS) is 20.0. The number of carbonyl (C=O) groups is 1. The molecule has 0 saturated heterocycles. The summed E-state index contributed by atoms with van der Waals surface area (Å²) in [5, 5.41) is 13.8. The number of nitrogens with one attached hydrogen (secondary N) is 2. The highest BCUT2D eigenvalue weighted by atomic mass is 16.6. The number of nitrogens with two attached hydrogens (primary N) is 1. The molecule has 4 N–H and O–H groups in total. The molecule has 1 aliphatic rings. The Bertz CT molecular complexity index is 571. The van der Waals surface area contributed by atoms with Crippen LogP contribution in [0.25, 0.3) is 0 Å². The summed E-state index contributed by atoms with van der Waals surface area (Å²) in [5.41, 5.74) is 2.86. The molecule has 7 nitrogen and oxygen atoms in total. The van der Waals surface area contributed by atoms with E-state index < -0.39 is 4.92 Å². The molecule has 7 heteroatoms. The van der Waals surface area contributed by atoms with Crippen LogP contribution in [-0.2, 0) is 0 Å². The molecule has 0 spiro atoms. The highest BCUT2D eigenvalue weighted by Crippen LogP contribution is 2.37. The first-order valence-corrected chi connectivity index (χ1v) is 6.91. The number of rotatable bonds is 4. The van der Waals surface area contributed by atoms with Crippen molar-refractivity contribution in [3.05, 3.63) is 33.9 Å². The second-order valence-corrected chi connectivity index (χ2v) is 6.04. The zero-order valence-electron chi connectivity index (χ0n) is 12.2. The Morgan fingerprint density at radius 3 is 2.71 bits per heavy atom. The van der Waals surface area contributed by atoms with Crippen LogP contribution < -0.4 is 16.6 Å². The summed E-state index contributed by atoms with van der Waals surface area (Å²) in [7, 11) is 0. The van der Waals surface area contributed by atoms with Gasteiger partial charge in [0.25, 0.3) is 11.6 Å². The zero-order chi connectivity index (χ0) is 15.6. The number of non-ortho nitro benzene ring substituents is 1. The average molecular weight is 292 g/mol. The van der Waals surface area contributed by atoms with Crippen molar-refractivity contribution in [1.82, 2.24) is 5.32 Å². The first-order valence-electron chi connectivity index (χ1n) is 6.91. The van der Waals surface area contributed by atoms with Crippen LogP contribution >= 0.6 is 0 Å². The smallest absolute Gasteiger partial charge is 0.270 e. The molecule has 0 aliphatic heterocycles. The molecule has 1 saturated carbocycles. The van der Waals surface area contributed by atoms with Crippen LogP contribution in [0.15, 0.2) is 18.2 Å². The third kappa shape index (κ3) is 3.13. The van der Waals surface area contributed by atoms with E-state index in [0.29, 0.717) is 5.69 Å². The van der Waals surface area contributed by atoms with Gasteiger partial charge in [-0.05, 0) is 24.3 Å². The minimum absolute atomic E-state index is 0.0344. The summed E-state index contributed by atoms with van der Waals surface area (Å²) in [5.74, 6) is 5.04. The van der Waals surface area contributed by atoms with Crippen molar-refractivity contribution in [2.45, 2.75) is 39.2 Å². The number of amides is 1. The van der Waals surface area contributed by atoms with Crippen molar-refractivity contribution >= 4 is 17.3 Å². The number of nitro benzene ring substituents is 1. The summed E-state index contributed by atoms with van der Waals surface area (Å²) in [6.07, 6.45) is 3.03. The number of anilines is 1. The Labute approximate surface area is 123 Å². The van der Waals surface area contributed by atoms with E-state index in [4.69, 9.17) is 5.84 Å². The molecule has 1 unspecified atom stereocenters. The van der Waals surface area contributed by atoms with E-state index in [0.717, 1.165) is 19.3 Å². The molecular weight excluding hydrogens is 272 g/mol. The third-order valence-electron chi connectivity index (χ3n) is 4.18. The fourth-order valence-corrected chi connectivity index (χ4v) is 2.79. The number of hydrazine groups is 1. The van der Waals surface area contributed by atoms with Gasteiger partial charge in [0.05, 0.1) is 16.2 Å². The van der Waals surface area contributed by atoms with Gasteiger partial charge in [-0.2, -0.15) is 0 Å². The van der Waals surface area contributed by atoms with E-state index in [1.165, 1.54) is 18.2 Å². The molecule has 1 aromatic carbocycles. The lowest BCUT2D eigenvalue weighted by atomic mass is 9.87. The van der Waals surface area contributed by atoms with E-state index in [1.54, 1.807) is 0 Å². The van der Waals surface area contributed by atoms with Crippen LogP contribution in [0.1, 0.15) is 43.5 Å². The molecule has 2 rings (SSSR count). The van der Waals surface area contributed by atoms with E-state index in [1.807, 2.05) is 0 Å². The fraction of sp³-hybridized carbons (Fsp3) is 0.500. The molecule has 114 valence electrons. The molecule has 21 heavy (non-hydrogen) atoms. The molecule has 1 fully saturated rings. The lowest BCUT2D eigenvalue weighted by Gasteiger charge is -2.28. The Hall–Kier alpha value is -2.15. The predicted molar refractivity (Wildman–Crippen MR) is 79.8 cm³/mol. The van der Waals surface area contributed by atoms with Crippen molar-refractivity contribution in [3.8, 4) is 0 Å². The maximum absolute atomic E-state index is 12.4. The van der Waals surface area contributed by atoms with Gasteiger partial charge in [-0.1, -0.05) is 20.3 Å². The molecule has 1 aliphatic carbocycles. The standard InChI is InChI=1S/C14H20N4O3/c1-14(2)7-3-4-12(14)16-13(19)10-8-9(18(20)21)5-6-11(10)17-15/h5-6,8,12,17H,3-4,7,15H2,1-2H3,(H,16,19). The molecule has 0 heterocycles. The lowest BCUT2D eigenvalue weighted by Crippen LogP contribution is -2.41. The number of nitrogen functional groups attached to an aromatic ring is 1. The van der Waals surface area contributed by atoms with Gasteiger partial charge in [0.1, 0.15) is 0 Å². The summed E-state index contributed by atoms with van der Waals surface area (Å²) < 4.78 is 0. The first-order chi connectivity index (χ1) is 9.85. The predicted octanol–water partition coefficient (Wildman–Crippen LogP) is 2.19. The number of benzene rings is 1. The Morgan fingerprint density at radius 1 is 1.48 bits per heavy atom. The van der Waals surface area contributed by atoms with Crippen molar-refractivity contribution in [1.29, 1.82) is 0 Å². The van der Waals surface area contributed by atoms with Gasteiger partial charge in [-0.3, -0.25) is 20.8 Å². The number of nitrogens with zero attached hydrogens (tertiary/aromatic N) is 1. The van der Waals surface area contributed by atoms with Gasteiger partial charge >= 0.3 is 0 Å². The highest BCUT2D eigenvalue weighted by Gasteiger charge is 2.35. The summed E-state index contributed by atoms with van der Waals surface area (Å²) in [6, 6.07) is 4.06. The average Bonchev–Trinajstić information content (AvgIpc) is 2.77. The minimum Gasteiger partial charge on any atom is -0.349 e. The van der Waals surface area contributed by atoms with Gasteiger partial charge in [-0.15, -0.1) is 0 Å². The monoisotopic (exact) mass is 292 g/mol. The second-order valence-electron chi connectivity index (χ2n) is 6.04. The van der Waals surface area contributed by atoms with Gasteiger partial charge in [-0.25, -0.2) is 0 Å². The van der Waals surface area contributed by atoms with Crippen LogP contribution in [0, 0.1) is 15.5 Å². The minimum atomic E-state index is -0.531. The second kappa shape index (κ2) is 5.69. The summed E-state index contributed by atoms with van der Waals surface area (Å²) in [4.78, 5) is 22.7. The molecule has 0 radical (unpaired) electrons. The quantitative estimate of drug-likeness (QED) is 0.447. The van der Waals surface area contributed by atoms with E-state index >= 15 is 0 Å². The molecular formula is C14H20N4O3. The van der Waals surface area contributed by atoms with E-state index in [9.17, 15) is 14.9 Å². The molecule has 1 atom stereocenters. The van der Waals surface area contributed by atoms with Crippen molar-refractivity contribution < 1.29 is 9.72 Å². The lowest BCUT2D eigenvalue weighted by molar-refractivity contribution is -0.384. The Kier molecular flexibility index (Phi) is 4.13. The SMILES string of the molecule is CC1(C)CCCC1NC(=O)c1cc([N+](=O)[O-])ccc1NN.